The highest BCUT2D eigenvalue weighted by Gasteiger charge is 2.24. The molecular formula is C15H19ClN4S. The van der Waals surface area contributed by atoms with Gasteiger partial charge in [-0.3, -0.25) is 4.68 Å². The van der Waals surface area contributed by atoms with Crippen LogP contribution in [0.25, 0.3) is 11.2 Å². The van der Waals surface area contributed by atoms with Crippen LogP contribution in [0, 0.1) is 6.92 Å². The summed E-state index contributed by atoms with van der Waals surface area (Å²) in [6.45, 7) is 4.21. The third-order valence-electron chi connectivity index (χ3n) is 3.77. The molecule has 0 N–H and O–H groups in total. The van der Waals surface area contributed by atoms with E-state index in [0.29, 0.717) is 5.88 Å². The highest BCUT2D eigenvalue weighted by atomic mass is 35.5. The smallest absolute Gasteiger partial charge is 0.159 e. The van der Waals surface area contributed by atoms with Crippen LogP contribution in [-0.2, 0) is 12.9 Å². The van der Waals surface area contributed by atoms with E-state index in [0.717, 1.165) is 35.5 Å². The number of fused-ring (bicyclic) bond motifs is 1. The molecule has 0 radical (unpaired) electrons. The standard InChI is InChI=1S/C15H19ClN4S/c1-4-6-11(12-7-5-8-21-12)20-13(9-16)17-14-10(2)18-19(3)15(14)20/h5,7-8,11H,4,6,9H2,1-3H3. The summed E-state index contributed by atoms with van der Waals surface area (Å²) in [6, 6.07) is 4.58. The molecule has 4 nitrogen and oxygen atoms in total. The van der Waals surface area contributed by atoms with Crippen LogP contribution in [0.4, 0.5) is 0 Å². The predicted molar refractivity (Wildman–Crippen MR) is 88.2 cm³/mol. The summed E-state index contributed by atoms with van der Waals surface area (Å²) in [5.74, 6) is 1.34. The largest absolute Gasteiger partial charge is 0.303 e. The van der Waals surface area contributed by atoms with Crippen molar-refractivity contribution in [3.8, 4) is 0 Å². The molecule has 0 aliphatic carbocycles. The van der Waals surface area contributed by atoms with E-state index < -0.39 is 0 Å². The van der Waals surface area contributed by atoms with Gasteiger partial charge in [0.25, 0.3) is 0 Å². The Morgan fingerprint density at radius 2 is 2.24 bits per heavy atom. The molecule has 0 aliphatic rings. The molecule has 0 fully saturated rings. The van der Waals surface area contributed by atoms with Gasteiger partial charge >= 0.3 is 0 Å². The lowest BCUT2D eigenvalue weighted by Crippen LogP contribution is -2.14. The number of hydrogen-bond acceptors (Lipinski definition) is 3. The fourth-order valence-corrected chi connectivity index (χ4v) is 3.96. The van der Waals surface area contributed by atoms with Gasteiger partial charge in [0.05, 0.1) is 17.6 Å². The second kappa shape index (κ2) is 5.81. The molecule has 0 saturated carbocycles. The topological polar surface area (TPSA) is 35.6 Å². The van der Waals surface area contributed by atoms with E-state index in [2.05, 4.69) is 34.1 Å². The van der Waals surface area contributed by atoms with E-state index in [-0.39, 0.29) is 6.04 Å². The number of alkyl halides is 1. The summed E-state index contributed by atoms with van der Waals surface area (Å²) in [6.07, 6.45) is 2.18. The molecular weight excluding hydrogens is 304 g/mol. The van der Waals surface area contributed by atoms with E-state index in [1.807, 2.05) is 18.7 Å². The van der Waals surface area contributed by atoms with Crippen LogP contribution in [0.2, 0.25) is 0 Å². The molecule has 0 aliphatic heterocycles. The Morgan fingerprint density at radius 3 is 2.86 bits per heavy atom. The van der Waals surface area contributed by atoms with Crippen molar-refractivity contribution in [3.63, 3.8) is 0 Å². The fourth-order valence-electron chi connectivity index (χ4n) is 2.92. The average Bonchev–Trinajstić information content (AvgIpc) is 3.16. The Balaban J connectivity index is 2.25. The second-order valence-corrected chi connectivity index (χ2v) is 6.48. The summed E-state index contributed by atoms with van der Waals surface area (Å²) in [5, 5.41) is 6.63. The fraction of sp³-hybridized carbons (Fsp3) is 0.467. The Morgan fingerprint density at radius 1 is 1.43 bits per heavy atom. The lowest BCUT2D eigenvalue weighted by atomic mass is 10.1. The number of nitrogens with zero attached hydrogens (tertiary/aromatic N) is 4. The normalized spacial score (nSPS) is 13.1. The number of aromatic nitrogens is 4. The van der Waals surface area contributed by atoms with Crippen molar-refractivity contribution < 1.29 is 0 Å². The van der Waals surface area contributed by atoms with Crippen molar-refractivity contribution in [2.45, 2.75) is 38.6 Å². The van der Waals surface area contributed by atoms with Crippen molar-refractivity contribution in [2.75, 3.05) is 0 Å². The maximum absolute atomic E-state index is 6.16. The number of rotatable bonds is 5. The summed E-state index contributed by atoms with van der Waals surface area (Å²) in [4.78, 5) is 6.07. The first-order chi connectivity index (χ1) is 10.2. The van der Waals surface area contributed by atoms with Crippen LogP contribution in [0.5, 0.6) is 0 Å². The zero-order valence-electron chi connectivity index (χ0n) is 12.5. The highest BCUT2D eigenvalue weighted by molar-refractivity contribution is 7.10. The van der Waals surface area contributed by atoms with E-state index in [9.17, 15) is 0 Å². The van der Waals surface area contributed by atoms with Gasteiger partial charge in [-0.1, -0.05) is 19.4 Å². The van der Waals surface area contributed by atoms with Crippen LogP contribution < -0.4 is 0 Å². The van der Waals surface area contributed by atoms with Crippen LogP contribution in [0.15, 0.2) is 17.5 Å². The molecule has 1 unspecified atom stereocenters. The van der Waals surface area contributed by atoms with E-state index in [1.165, 1.54) is 4.88 Å². The first-order valence-electron chi connectivity index (χ1n) is 7.17. The minimum absolute atomic E-state index is 0.281. The summed E-state index contributed by atoms with van der Waals surface area (Å²) in [7, 11) is 1.98. The lowest BCUT2D eigenvalue weighted by molar-refractivity contribution is 0.528. The molecule has 1 atom stereocenters. The Kier molecular flexibility index (Phi) is 4.04. The van der Waals surface area contributed by atoms with E-state index >= 15 is 0 Å². The molecule has 3 rings (SSSR count). The maximum atomic E-state index is 6.16. The highest BCUT2D eigenvalue weighted by Crippen LogP contribution is 2.33. The number of halogens is 1. The Labute approximate surface area is 133 Å². The molecule has 21 heavy (non-hydrogen) atoms. The summed E-state index contributed by atoms with van der Waals surface area (Å²) in [5.41, 5.74) is 2.99. The second-order valence-electron chi connectivity index (χ2n) is 5.23. The van der Waals surface area contributed by atoms with Gasteiger partial charge in [-0.25, -0.2) is 4.98 Å². The SMILES string of the molecule is CCCC(c1cccs1)n1c(CCl)nc2c(C)nn(C)c21. The molecule has 0 amide bonds. The minimum atomic E-state index is 0.281. The van der Waals surface area contributed by atoms with Gasteiger partial charge < -0.3 is 4.57 Å². The van der Waals surface area contributed by atoms with Gasteiger partial charge in [0.15, 0.2) is 5.65 Å². The first kappa shape index (κ1) is 14.6. The molecule has 0 saturated heterocycles. The van der Waals surface area contributed by atoms with Crippen molar-refractivity contribution in [3.05, 3.63) is 33.9 Å². The molecule has 6 heteroatoms. The van der Waals surface area contributed by atoms with Gasteiger partial charge in [-0.2, -0.15) is 5.10 Å². The molecule has 0 spiro atoms. The Hall–Kier alpha value is -1.33. The summed E-state index contributed by atoms with van der Waals surface area (Å²) < 4.78 is 4.20. The number of aryl methyl sites for hydroxylation is 2. The number of imidazole rings is 1. The van der Waals surface area contributed by atoms with Crippen molar-refractivity contribution in [1.82, 2.24) is 19.3 Å². The minimum Gasteiger partial charge on any atom is -0.303 e. The van der Waals surface area contributed by atoms with Crippen LogP contribution in [-0.4, -0.2) is 19.3 Å². The van der Waals surface area contributed by atoms with Crippen molar-refractivity contribution >= 4 is 34.1 Å². The average molecular weight is 323 g/mol. The van der Waals surface area contributed by atoms with Crippen molar-refractivity contribution in [1.29, 1.82) is 0 Å². The molecule has 3 aromatic heterocycles. The van der Waals surface area contributed by atoms with Gasteiger partial charge in [-0.15, -0.1) is 22.9 Å². The van der Waals surface area contributed by atoms with Crippen LogP contribution in [0.3, 0.4) is 0 Å². The third-order valence-corrected chi connectivity index (χ3v) is 4.99. The molecule has 0 bridgehead atoms. The molecule has 3 heterocycles. The van der Waals surface area contributed by atoms with Crippen LogP contribution in [0.1, 0.15) is 42.2 Å². The van der Waals surface area contributed by atoms with Crippen molar-refractivity contribution in [2.24, 2.45) is 7.05 Å². The quantitative estimate of drug-likeness (QED) is 0.658. The third kappa shape index (κ3) is 2.38. The lowest BCUT2D eigenvalue weighted by Gasteiger charge is -2.20. The molecule has 0 aromatic carbocycles. The van der Waals surface area contributed by atoms with Gasteiger partial charge in [0.2, 0.25) is 0 Å². The molecule has 3 aromatic rings. The zero-order chi connectivity index (χ0) is 15.0. The van der Waals surface area contributed by atoms with Gasteiger partial charge in [0.1, 0.15) is 11.3 Å². The molecule has 112 valence electrons. The monoisotopic (exact) mass is 322 g/mol. The number of thiophene rings is 1. The maximum Gasteiger partial charge on any atom is 0.159 e. The van der Waals surface area contributed by atoms with Crippen LogP contribution >= 0.6 is 22.9 Å². The number of hydrogen-bond donors (Lipinski definition) is 0. The predicted octanol–water partition coefficient (Wildman–Crippen LogP) is 4.27. The summed E-state index contributed by atoms with van der Waals surface area (Å²) >= 11 is 7.95. The Bertz CT molecular complexity index is 741. The van der Waals surface area contributed by atoms with Gasteiger partial charge in [-0.05, 0) is 24.8 Å². The first-order valence-corrected chi connectivity index (χ1v) is 8.58. The van der Waals surface area contributed by atoms with Gasteiger partial charge in [0, 0.05) is 11.9 Å². The van der Waals surface area contributed by atoms with E-state index in [1.54, 1.807) is 11.3 Å². The zero-order valence-corrected chi connectivity index (χ0v) is 14.1. The van der Waals surface area contributed by atoms with E-state index in [4.69, 9.17) is 16.6 Å².